The maximum Gasteiger partial charge on any atom is 0.293 e. The minimum Gasteiger partial charge on any atom is -0.454 e. The van der Waals surface area contributed by atoms with Crippen molar-refractivity contribution in [2.45, 2.75) is 6.54 Å². The summed E-state index contributed by atoms with van der Waals surface area (Å²) in [5.41, 5.74) is 1.50. The maximum absolute atomic E-state index is 12.5. The Balaban J connectivity index is 1.47. The van der Waals surface area contributed by atoms with Crippen LogP contribution < -0.4 is 19.7 Å². The molecule has 0 spiro atoms. The molecule has 2 aliphatic rings. The van der Waals surface area contributed by atoms with Crippen LogP contribution in [-0.2, 0) is 11.3 Å². The first-order valence-corrected chi connectivity index (χ1v) is 8.90. The van der Waals surface area contributed by atoms with Crippen molar-refractivity contribution in [3.8, 4) is 11.5 Å². The van der Waals surface area contributed by atoms with Crippen molar-refractivity contribution in [2.24, 2.45) is 0 Å². The summed E-state index contributed by atoms with van der Waals surface area (Å²) in [6.07, 6.45) is 0. The predicted octanol–water partition coefficient (Wildman–Crippen LogP) is 2.09. The molecule has 2 heterocycles. The van der Waals surface area contributed by atoms with Crippen LogP contribution in [0, 0.1) is 10.1 Å². The van der Waals surface area contributed by atoms with E-state index in [1.807, 2.05) is 11.0 Å². The Hall–Kier alpha value is -3.33. The highest BCUT2D eigenvalue weighted by molar-refractivity contribution is 5.95. The van der Waals surface area contributed by atoms with E-state index in [1.165, 1.54) is 6.07 Å². The van der Waals surface area contributed by atoms with Gasteiger partial charge in [-0.2, -0.15) is 0 Å². The molecule has 2 aromatic rings. The molecule has 28 heavy (non-hydrogen) atoms. The largest absolute Gasteiger partial charge is 0.454 e. The fraction of sp³-hybridized carbons (Fsp3) is 0.316. The summed E-state index contributed by atoms with van der Waals surface area (Å²) in [7, 11) is 0. The monoisotopic (exact) mass is 385 g/mol. The van der Waals surface area contributed by atoms with Crippen LogP contribution in [0.15, 0.2) is 36.4 Å². The van der Waals surface area contributed by atoms with E-state index >= 15 is 0 Å². The topological polar surface area (TPSA) is 103 Å². The van der Waals surface area contributed by atoms with Gasteiger partial charge in [0.2, 0.25) is 6.79 Å². The van der Waals surface area contributed by atoms with Gasteiger partial charge in [-0.3, -0.25) is 14.9 Å². The maximum atomic E-state index is 12.5. The van der Waals surface area contributed by atoms with E-state index in [4.69, 9.17) is 14.2 Å². The van der Waals surface area contributed by atoms with Crippen molar-refractivity contribution in [3.05, 3.63) is 57.6 Å². The van der Waals surface area contributed by atoms with E-state index in [1.54, 1.807) is 24.3 Å². The highest BCUT2D eigenvalue weighted by atomic mass is 16.7. The Morgan fingerprint density at radius 1 is 1.11 bits per heavy atom. The Bertz CT molecular complexity index is 911. The summed E-state index contributed by atoms with van der Waals surface area (Å²) in [4.78, 5) is 25.4. The Labute approximate surface area is 160 Å². The van der Waals surface area contributed by atoms with Crippen LogP contribution in [0.2, 0.25) is 0 Å². The van der Waals surface area contributed by atoms with Gasteiger partial charge in [0, 0.05) is 31.3 Å². The van der Waals surface area contributed by atoms with E-state index < -0.39 is 4.92 Å². The number of hydrogen-bond donors (Lipinski definition) is 1. The number of nitro benzene ring substituents is 1. The SMILES string of the molecule is O=C(NCc1ccc2c(c1)OCO2)c1ccc(N2CCOCC2)c([N+](=O)[O-])c1. The van der Waals surface area contributed by atoms with Crippen LogP contribution in [0.1, 0.15) is 15.9 Å². The summed E-state index contributed by atoms with van der Waals surface area (Å²) < 4.78 is 15.9. The van der Waals surface area contributed by atoms with E-state index in [9.17, 15) is 14.9 Å². The lowest BCUT2D eigenvalue weighted by Gasteiger charge is -2.28. The predicted molar refractivity (Wildman–Crippen MR) is 99.9 cm³/mol. The van der Waals surface area contributed by atoms with Crippen molar-refractivity contribution < 1.29 is 23.9 Å². The second-order valence-corrected chi connectivity index (χ2v) is 6.43. The first-order chi connectivity index (χ1) is 13.6. The molecule has 9 nitrogen and oxygen atoms in total. The molecule has 1 saturated heterocycles. The molecule has 9 heteroatoms. The van der Waals surface area contributed by atoms with Crippen LogP contribution in [-0.4, -0.2) is 43.9 Å². The van der Waals surface area contributed by atoms with Gasteiger partial charge in [-0.25, -0.2) is 0 Å². The Morgan fingerprint density at radius 2 is 1.89 bits per heavy atom. The van der Waals surface area contributed by atoms with Crippen molar-refractivity contribution in [1.82, 2.24) is 5.32 Å². The minimum absolute atomic E-state index is 0.0855. The third kappa shape index (κ3) is 3.70. The van der Waals surface area contributed by atoms with Gasteiger partial charge in [0.05, 0.1) is 18.1 Å². The number of amides is 1. The average molecular weight is 385 g/mol. The zero-order chi connectivity index (χ0) is 19.5. The van der Waals surface area contributed by atoms with Gasteiger partial charge in [0.1, 0.15) is 5.69 Å². The summed E-state index contributed by atoms with van der Waals surface area (Å²) in [5.74, 6) is 0.927. The van der Waals surface area contributed by atoms with E-state index in [0.29, 0.717) is 43.5 Å². The van der Waals surface area contributed by atoms with Gasteiger partial charge >= 0.3 is 0 Å². The highest BCUT2D eigenvalue weighted by Gasteiger charge is 2.23. The van der Waals surface area contributed by atoms with Crippen LogP contribution in [0.5, 0.6) is 11.5 Å². The fourth-order valence-electron chi connectivity index (χ4n) is 3.22. The smallest absolute Gasteiger partial charge is 0.293 e. The summed E-state index contributed by atoms with van der Waals surface area (Å²) in [6, 6.07) is 9.96. The van der Waals surface area contributed by atoms with Gasteiger partial charge in [0.25, 0.3) is 11.6 Å². The molecule has 0 bridgehead atoms. The zero-order valence-electron chi connectivity index (χ0n) is 15.1. The number of ether oxygens (including phenoxy) is 3. The van der Waals surface area contributed by atoms with Gasteiger partial charge < -0.3 is 24.4 Å². The third-order valence-electron chi connectivity index (χ3n) is 4.68. The lowest BCUT2D eigenvalue weighted by atomic mass is 10.1. The number of carbonyl (C=O) groups is 1. The molecule has 2 aromatic carbocycles. The molecular weight excluding hydrogens is 366 g/mol. The number of fused-ring (bicyclic) bond motifs is 1. The summed E-state index contributed by atoms with van der Waals surface area (Å²) in [5, 5.41) is 14.3. The molecule has 4 rings (SSSR count). The summed E-state index contributed by atoms with van der Waals surface area (Å²) >= 11 is 0. The first-order valence-electron chi connectivity index (χ1n) is 8.90. The number of carbonyl (C=O) groups excluding carboxylic acids is 1. The molecular formula is C19H19N3O6. The van der Waals surface area contributed by atoms with E-state index in [-0.39, 0.29) is 30.5 Å². The number of hydrogen-bond acceptors (Lipinski definition) is 7. The first kappa shape index (κ1) is 18.1. The number of rotatable bonds is 5. The molecule has 0 atom stereocenters. The molecule has 1 N–H and O–H groups in total. The molecule has 2 aliphatic heterocycles. The highest BCUT2D eigenvalue weighted by Crippen LogP contribution is 2.33. The standard InChI is InChI=1S/C19H19N3O6/c23-19(20-11-13-1-4-17-18(9-13)28-12-27-17)14-2-3-15(16(10-14)22(24)25)21-5-7-26-8-6-21/h1-4,9-10H,5-8,11-12H2,(H,20,23). The minimum atomic E-state index is -0.459. The molecule has 146 valence electrons. The normalized spacial score (nSPS) is 15.4. The molecule has 1 fully saturated rings. The van der Waals surface area contributed by atoms with Crippen molar-refractivity contribution in [3.63, 3.8) is 0 Å². The fourth-order valence-corrected chi connectivity index (χ4v) is 3.22. The molecule has 0 radical (unpaired) electrons. The van der Waals surface area contributed by atoms with Crippen LogP contribution >= 0.6 is 0 Å². The van der Waals surface area contributed by atoms with E-state index in [2.05, 4.69) is 5.32 Å². The van der Waals surface area contributed by atoms with Crippen LogP contribution in [0.25, 0.3) is 0 Å². The number of nitrogens with zero attached hydrogens (tertiary/aromatic N) is 2. The van der Waals surface area contributed by atoms with Crippen molar-refractivity contribution in [1.29, 1.82) is 0 Å². The van der Waals surface area contributed by atoms with Gasteiger partial charge in [0.15, 0.2) is 11.5 Å². The number of anilines is 1. The molecule has 0 aromatic heterocycles. The Kier molecular flexibility index (Phi) is 4.98. The van der Waals surface area contributed by atoms with Crippen molar-refractivity contribution in [2.75, 3.05) is 38.0 Å². The van der Waals surface area contributed by atoms with Crippen LogP contribution in [0.4, 0.5) is 11.4 Å². The van der Waals surface area contributed by atoms with Gasteiger partial charge in [-0.15, -0.1) is 0 Å². The lowest BCUT2D eigenvalue weighted by Crippen LogP contribution is -2.36. The molecule has 0 aliphatic carbocycles. The molecule has 1 amide bonds. The second-order valence-electron chi connectivity index (χ2n) is 6.43. The van der Waals surface area contributed by atoms with E-state index in [0.717, 1.165) is 5.56 Å². The lowest BCUT2D eigenvalue weighted by molar-refractivity contribution is -0.384. The van der Waals surface area contributed by atoms with Gasteiger partial charge in [-0.1, -0.05) is 6.07 Å². The quantitative estimate of drug-likeness (QED) is 0.621. The van der Waals surface area contributed by atoms with Crippen molar-refractivity contribution >= 4 is 17.3 Å². The Morgan fingerprint density at radius 3 is 2.68 bits per heavy atom. The second kappa shape index (κ2) is 7.73. The zero-order valence-corrected chi connectivity index (χ0v) is 15.1. The van der Waals surface area contributed by atoms with Crippen LogP contribution in [0.3, 0.4) is 0 Å². The number of nitrogens with one attached hydrogen (secondary N) is 1. The number of nitro groups is 1. The third-order valence-corrected chi connectivity index (χ3v) is 4.68. The average Bonchev–Trinajstić information content (AvgIpc) is 3.20. The number of morpholine rings is 1. The molecule has 0 saturated carbocycles. The molecule has 0 unspecified atom stereocenters. The number of benzene rings is 2. The summed E-state index contributed by atoms with van der Waals surface area (Å²) in [6.45, 7) is 2.66. The van der Waals surface area contributed by atoms with Gasteiger partial charge in [-0.05, 0) is 29.8 Å².